The first-order valence-electron chi connectivity index (χ1n) is 14.7. The summed E-state index contributed by atoms with van der Waals surface area (Å²) in [5.41, 5.74) is 4.38. The molecule has 4 rings (SSSR count). The zero-order valence-corrected chi connectivity index (χ0v) is 26.5. The molecule has 5 unspecified atom stereocenters. The molecular weight excluding hydrogens is 603 g/mol. The zero-order valence-electron chi connectivity index (χ0n) is 24.3. The van der Waals surface area contributed by atoms with Crippen molar-refractivity contribution in [2.75, 3.05) is 32.8 Å². The van der Waals surface area contributed by atoms with Crippen molar-refractivity contribution in [3.05, 3.63) is 35.1 Å². The Morgan fingerprint density at radius 2 is 2.10 bits per heavy atom. The van der Waals surface area contributed by atoms with Gasteiger partial charge in [-0.3, -0.25) is 10.6 Å². The summed E-state index contributed by atoms with van der Waals surface area (Å²) in [6, 6.07) is 2.47. The van der Waals surface area contributed by atoms with E-state index >= 15 is 0 Å². The van der Waals surface area contributed by atoms with Crippen LogP contribution in [-0.2, 0) is 0 Å². The van der Waals surface area contributed by atoms with Gasteiger partial charge < -0.3 is 20.4 Å². The maximum atomic E-state index is 11.1. The molecule has 39 heavy (non-hydrogen) atoms. The molecule has 8 nitrogen and oxygen atoms in total. The third kappa shape index (κ3) is 8.44. The SMILES string of the molecule is CCN(CC(C)CO)CC(C)NC1=CC(C2=CCC(C)(C)CC2)=CC(NC(O)C2=INC(C#N)CN2)[C@@H]2C[C@H]12. The molecule has 0 aromatic rings. The summed E-state index contributed by atoms with van der Waals surface area (Å²) in [4.78, 5) is 2.42. The second kappa shape index (κ2) is 13.7. The molecule has 3 aliphatic carbocycles. The van der Waals surface area contributed by atoms with Crippen LogP contribution in [0.25, 0.3) is 0 Å². The number of allylic oxidation sites excluding steroid dienone is 5. The van der Waals surface area contributed by atoms with Gasteiger partial charge in [-0.1, -0.05) is 39.8 Å². The van der Waals surface area contributed by atoms with Crippen LogP contribution in [-0.4, -0.2) is 75.9 Å². The average Bonchev–Trinajstić information content (AvgIpc) is 3.73. The number of hydrogen-bond donors (Lipinski definition) is 6. The van der Waals surface area contributed by atoms with E-state index in [0.29, 0.717) is 29.8 Å². The Labute approximate surface area is 245 Å². The molecule has 0 bridgehead atoms. The minimum Gasteiger partial charge on any atom is -0.396 e. The van der Waals surface area contributed by atoms with Gasteiger partial charge >= 0.3 is 0 Å². The van der Waals surface area contributed by atoms with E-state index in [2.05, 4.69) is 83.3 Å². The Kier molecular flexibility index (Phi) is 10.8. The Bertz CT molecular complexity index is 1030. The maximum absolute atomic E-state index is 11.1. The van der Waals surface area contributed by atoms with Crippen molar-refractivity contribution < 1.29 is 10.2 Å². The van der Waals surface area contributed by atoms with Crippen LogP contribution in [0.3, 0.4) is 0 Å². The first kappa shape index (κ1) is 30.8. The van der Waals surface area contributed by atoms with Gasteiger partial charge in [0.2, 0.25) is 0 Å². The molecule has 0 saturated heterocycles. The van der Waals surface area contributed by atoms with Crippen LogP contribution in [0.15, 0.2) is 35.1 Å². The predicted molar refractivity (Wildman–Crippen MR) is 167 cm³/mol. The first-order valence-corrected chi connectivity index (χ1v) is 16.8. The topological polar surface area (TPSA) is 116 Å². The summed E-state index contributed by atoms with van der Waals surface area (Å²) in [5.74, 6) is 1.18. The number of nitrogens with zero attached hydrogens (tertiary/aromatic N) is 2. The van der Waals surface area contributed by atoms with Crippen molar-refractivity contribution in [2.45, 2.75) is 84.7 Å². The number of hydrogen-bond acceptors (Lipinski definition) is 8. The van der Waals surface area contributed by atoms with E-state index in [1.807, 2.05) is 0 Å². The molecule has 0 aromatic heterocycles. The fourth-order valence-electron chi connectivity index (χ4n) is 5.89. The fraction of sp³-hybridized carbons (Fsp3) is 0.733. The van der Waals surface area contributed by atoms with Crippen molar-refractivity contribution in [1.82, 2.24) is 24.4 Å². The monoisotopic (exact) mass is 652 g/mol. The van der Waals surface area contributed by atoms with Crippen molar-refractivity contribution in [1.29, 1.82) is 5.26 Å². The Hall–Kier alpha value is -1.13. The van der Waals surface area contributed by atoms with Gasteiger partial charge in [-0.2, -0.15) is 5.26 Å². The van der Waals surface area contributed by atoms with Gasteiger partial charge in [0.05, 0.1) is 9.70 Å². The van der Waals surface area contributed by atoms with E-state index in [0.717, 1.165) is 42.5 Å². The number of nitrogens with one attached hydrogen (secondary N) is 4. The molecule has 1 heterocycles. The summed E-state index contributed by atoms with van der Waals surface area (Å²) < 4.78 is 4.20. The average molecular weight is 653 g/mol. The highest BCUT2D eigenvalue weighted by molar-refractivity contribution is 14.2. The molecule has 6 N–H and O–H groups in total. The Morgan fingerprint density at radius 1 is 1.31 bits per heavy atom. The highest BCUT2D eigenvalue weighted by Crippen LogP contribution is 2.49. The van der Waals surface area contributed by atoms with E-state index in [1.165, 1.54) is 23.3 Å². The number of nitriles is 1. The molecule has 0 amide bonds. The summed E-state index contributed by atoms with van der Waals surface area (Å²) in [6.07, 6.45) is 10.9. The van der Waals surface area contributed by atoms with Crippen LogP contribution in [0, 0.1) is 34.5 Å². The van der Waals surface area contributed by atoms with Crippen LogP contribution < -0.4 is 19.5 Å². The molecule has 0 spiro atoms. The molecular formula is C30H49IN6O2. The molecule has 4 aliphatic rings. The molecule has 7 atom stereocenters. The van der Waals surface area contributed by atoms with Gasteiger partial charge in [0.15, 0.2) is 0 Å². The van der Waals surface area contributed by atoms with Gasteiger partial charge in [0, 0.05) is 49.9 Å². The highest BCUT2D eigenvalue weighted by atomic mass is 127. The Balaban J connectivity index is 1.50. The third-order valence-electron chi connectivity index (χ3n) is 8.50. The number of aliphatic hydroxyl groups excluding tert-OH is 2. The lowest BCUT2D eigenvalue weighted by molar-refractivity contribution is 0.170. The fourth-order valence-corrected chi connectivity index (χ4v) is 7.84. The van der Waals surface area contributed by atoms with Crippen molar-refractivity contribution in [3.8, 4) is 6.07 Å². The number of halogens is 1. The smallest absolute Gasteiger partial charge is 0.147 e. The number of rotatable bonds is 12. The van der Waals surface area contributed by atoms with Crippen LogP contribution in [0.2, 0.25) is 0 Å². The van der Waals surface area contributed by atoms with Gasteiger partial charge in [-0.25, -0.2) is 3.53 Å². The zero-order chi connectivity index (χ0) is 28.2. The van der Waals surface area contributed by atoms with Crippen LogP contribution in [0.4, 0.5) is 0 Å². The van der Waals surface area contributed by atoms with Gasteiger partial charge in [-0.05, 0) is 94.6 Å². The normalized spacial score (nSPS) is 30.6. The molecule has 1 aliphatic heterocycles. The second-order valence-corrected chi connectivity index (χ2v) is 15.0. The van der Waals surface area contributed by atoms with Crippen molar-refractivity contribution in [2.24, 2.45) is 23.2 Å². The lowest BCUT2D eigenvalue weighted by Crippen LogP contribution is -2.52. The lowest BCUT2D eigenvalue weighted by atomic mass is 9.76. The van der Waals surface area contributed by atoms with E-state index in [-0.39, 0.29) is 24.6 Å². The molecule has 1 fully saturated rings. The second-order valence-electron chi connectivity index (χ2n) is 12.7. The summed E-state index contributed by atoms with van der Waals surface area (Å²) >= 11 is -0.607. The van der Waals surface area contributed by atoms with Crippen molar-refractivity contribution in [3.63, 3.8) is 0 Å². The first-order chi connectivity index (χ1) is 18.6. The quantitative estimate of drug-likeness (QED) is 0.108. The standard InChI is InChI=1S/C30H49IN6O2/c1-6-37(16-19(2)18-38)17-20(3)34-26-11-22(21-7-9-30(4,5)10-8-21)12-27(25-13-24(25)26)35-29(39)28-31-36-23(14-32)15-33-28/h7,11-12,19-20,23-25,27,29,33-36,38-39H,6,8-10,13,15-18H2,1-5H3/t19?,20?,23?,24-,25+,27?,29?/m0/s1. The molecule has 218 valence electrons. The number of likely N-dealkylation sites (N-methyl/N-ethyl adjacent to an activating group) is 1. The molecule has 0 aromatic carbocycles. The summed E-state index contributed by atoms with van der Waals surface area (Å²) in [6.45, 7) is 14.8. The van der Waals surface area contributed by atoms with Gasteiger partial charge in [-0.15, -0.1) is 0 Å². The summed E-state index contributed by atoms with van der Waals surface area (Å²) in [7, 11) is 0. The van der Waals surface area contributed by atoms with E-state index in [1.54, 1.807) is 0 Å². The van der Waals surface area contributed by atoms with Crippen LogP contribution in [0.1, 0.15) is 60.3 Å². The van der Waals surface area contributed by atoms with E-state index < -0.39 is 27.2 Å². The third-order valence-corrected chi connectivity index (χ3v) is 11.1. The van der Waals surface area contributed by atoms with Crippen molar-refractivity contribution >= 4 is 24.6 Å². The lowest BCUT2D eigenvalue weighted by Gasteiger charge is -2.30. The van der Waals surface area contributed by atoms with Crippen LogP contribution in [0.5, 0.6) is 0 Å². The summed E-state index contributed by atoms with van der Waals surface area (Å²) in [5, 5.41) is 40.5. The highest BCUT2D eigenvalue weighted by Gasteiger charge is 2.47. The van der Waals surface area contributed by atoms with Gasteiger partial charge in [0.25, 0.3) is 0 Å². The number of fused-ring (bicyclic) bond motifs is 1. The predicted octanol–water partition coefficient (Wildman–Crippen LogP) is 2.89. The minimum atomic E-state index is -0.729. The van der Waals surface area contributed by atoms with Crippen LogP contribution >= 0.6 is 21.0 Å². The molecule has 1 saturated carbocycles. The van der Waals surface area contributed by atoms with E-state index in [9.17, 15) is 15.5 Å². The molecule has 0 radical (unpaired) electrons. The largest absolute Gasteiger partial charge is 0.396 e. The Morgan fingerprint density at radius 3 is 2.72 bits per heavy atom. The maximum Gasteiger partial charge on any atom is 0.147 e. The van der Waals surface area contributed by atoms with E-state index in [4.69, 9.17) is 0 Å². The van der Waals surface area contributed by atoms with Gasteiger partial charge in [0.1, 0.15) is 12.3 Å². The minimum absolute atomic E-state index is 0.0891. The molecule has 9 heteroatoms. The number of aliphatic hydroxyl groups is 2.